The minimum Gasteiger partial charge on any atom is -0.366 e. The van der Waals surface area contributed by atoms with E-state index in [1.54, 1.807) is 12.5 Å². The van der Waals surface area contributed by atoms with Crippen molar-refractivity contribution in [1.82, 2.24) is 15.1 Å². The van der Waals surface area contributed by atoms with Crippen LogP contribution in [0, 0.1) is 22.7 Å². The van der Waals surface area contributed by atoms with E-state index in [2.05, 4.69) is 52.6 Å². The Labute approximate surface area is 154 Å². The van der Waals surface area contributed by atoms with Gasteiger partial charge < -0.3 is 15.2 Å². The van der Waals surface area contributed by atoms with Gasteiger partial charge in [-0.1, -0.05) is 25.9 Å². The van der Waals surface area contributed by atoms with Crippen molar-refractivity contribution in [2.75, 3.05) is 17.2 Å². The van der Waals surface area contributed by atoms with Crippen LogP contribution in [0.5, 0.6) is 0 Å². The van der Waals surface area contributed by atoms with Crippen molar-refractivity contribution in [3.63, 3.8) is 0 Å². The maximum atomic E-state index is 9.38. The Morgan fingerprint density at radius 3 is 2.92 bits per heavy atom. The SMILES string of the molecule is C[C@H]1CC[C@@H](Nc2nc(NCCc3ccon3)ncc2C#N)CC1(C)C. The third kappa shape index (κ3) is 4.31. The van der Waals surface area contributed by atoms with Gasteiger partial charge in [-0.3, -0.25) is 0 Å². The fourth-order valence-electron chi connectivity index (χ4n) is 3.42. The number of nitrogens with zero attached hydrogens (tertiary/aromatic N) is 4. The molecule has 0 aliphatic heterocycles. The van der Waals surface area contributed by atoms with E-state index in [4.69, 9.17) is 4.52 Å². The standard InChI is InChI=1S/C19H26N6O/c1-13-4-5-16(10-19(13,2)3)23-17-14(11-20)12-22-18(24-17)21-8-6-15-7-9-26-25-15/h7,9,12-13,16H,4-6,8,10H2,1-3H3,(H2,21,22,23,24)/t13-,16+/m0/s1. The quantitative estimate of drug-likeness (QED) is 0.817. The van der Waals surface area contributed by atoms with Gasteiger partial charge in [-0.25, -0.2) is 4.98 Å². The number of hydrogen-bond donors (Lipinski definition) is 2. The maximum Gasteiger partial charge on any atom is 0.224 e. The first kappa shape index (κ1) is 18.2. The summed E-state index contributed by atoms with van der Waals surface area (Å²) in [6.07, 6.45) is 7.19. The lowest BCUT2D eigenvalue weighted by molar-refractivity contribution is 0.143. The van der Waals surface area contributed by atoms with Crippen LogP contribution < -0.4 is 10.6 Å². The van der Waals surface area contributed by atoms with Crippen molar-refractivity contribution in [1.29, 1.82) is 5.26 Å². The summed E-state index contributed by atoms with van der Waals surface area (Å²) < 4.78 is 4.82. The molecule has 26 heavy (non-hydrogen) atoms. The molecule has 0 spiro atoms. The number of anilines is 2. The summed E-state index contributed by atoms with van der Waals surface area (Å²) >= 11 is 0. The van der Waals surface area contributed by atoms with Crippen molar-refractivity contribution < 1.29 is 4.52 Å². The molecule has 0 unspecified atom stereocenters. The molecule has 2 aromatic rings. The highest BCUT2D eigenvalue weighted by Crippen LogP contribution is 2.41. The van der Waals surface area contributed by atoms with Crippen LogP contribution in [0.2, 0.25) is 0 Å². The van der Waals surface area contributed by atoms with Crippen LogP contribution in [0.25, 0.3) is 0 Å². The van der Waals surface area contributed by atoms with Crippen LogP contribution in [0.3, 0.4) is 0 Å². The van der Waals surface area contributed by atoms with E-state index in [0.29, 0.717) is 35.8 Å². The van der Waals surface area contributed by atoms with Gasteiger partial charge >= 0.3 is 0 Å². The van der Waals surface area contributed by atoms with Crippen LogP contribution in [0.4, 0.5) is 11.8 Å². The molecule has 0 radical (unpaired) electrons. The molecule has 2 heterocycles. The number of aromatic nitrogens is 3. The molecule has 1 aliphatic rings. The van der Waals surface area contributed by atoms with E-state index in [1.807, 2.05) is 6.07 Å². The minimum atomic E-state index is 0.286. The fraction of sp³-hybridized carbons (Fsp3) is 0.579. The smallest absolute Gasteiger partial charge is 0.224 e. The molecule has 0 aromatic carbocycles. The molecule has 138 valence electrons. The van der Waals surface area contributed by atoms with Crippen molar-refractivity contribution in [3.8, 4) is 6.07 Å². The minimum absolute atomic E-state index is 0.286. The number of nitriles is 1. The Balaban J connectivity index is 1.65. The monoisotopic (exact) mass is 354 g/mol. The number of hydrogen-bond acceptors (Lipinski definition) is 7. The van der Waals surface area contributed by atoms with Gasteiger partial charge in [0.05, 0.1) is 11.9 Å². The first-order valence-corrected chi connectivity index (χ1v) is 9.15. The Kier molecular flexibility index (Phi) is 5.40. The molecule has 0 bridgehead atoms. The van der Waals surface area contributed by atoms with Gasteiger partial charge in [-0.15, -0.1) is 0 Å². The first-order chi connectivity index (χ1) is 12.5. The molecule has 7 heteroatoms. The summed E-state index contributed by atoms with van der Waals surface area (Å²) in [4.78, 5) is 8.76. The lowest BCUT2D eigenvalue weighted by Crippen LogP contribution is -2.37. The second-order valence-electron chi connectivity index (χ2n) is 7.75. The van der Waals surface area contributed by atoms with E-state index in [9.17, 15) is 5.26 Å². The van der Waals surface area contributed by atoms with Gasteiger partial charge in [0.1, 0.15) is 23.7 Å². The zero-order valence-electron chi connectivity index (χ0n) is 15.6. The highest BCUT2D eigenvalue weighted by Gasteiger charge is 2.34. The van der Waals surface area contributed by atoms with Gasteiger partial charge in [0.15, 0.2) is 0 Å². The highest BCUT2D eigenvalue weighted by molar-refractivity contribution is 5.54. The van der Waals surface area contributed by atoms with Crippen LogP contribution >= 0.6 is 0 Å². The van der Waals surface area contributed by atoms with Gasteiger partial charge in [0.25, 0.3) is 0 Å². The molecule has 3 rings (SSSR count). The largest absolute Gasteiger partial charge is 0.366 e. The molecule has 1 aliphatic carbocycles. The zero-order valence-corrected chi connectivity index (χ0v) is 15.6. The number of rotatable bonds is 6. The second-order valence-corrected chi connectivity index (χ2v) is 7.75. The fourth-order valence-corrected chi connectivity index (χ4v) is 3.42. The van der Waals surface area contributed by atoms with Gasteiger partial charge in [0, 0.05) is 25.1 Å². The summed E-state index contributed by atoms with van der Waals surface area (Å²) in [5, 5.41) is 19.9. The highest BCUT2D eigenvalue weighted by atomic mass is 16.5. The average molecular weight is 354 g/mol. The molecular weight excluding hydrogens is 328 g/mol. The summed E-state index contributed by atoms with van der Waals surface area (Å²) in [6, 6.07) is 4.34. The zero-order chi connectivity index (χ0) is 18.6. The third-order valence-corrected chi connectivity index (χ3v) is 5.46. The van der Waals surface area contributed by atoms with Crippen LogP contribution in [0.15, 0.2) is 23.0 Å². The molecule has 0 amide bonds. The van der Waals surface area contributed by atoms with Gasteiger partial charge in [0.2, 0.25) is 5.95 Å². The summed E-state index contributed by atoms with van der Waals surface area (Å²) in [6.45, 7) is 7.59. The molecule has 1 saturated carbocycles. The van der Waals surface area contributed by atoms with Gasteiger partial charge in [-0.2, -0.15) is 10.2 Å². The summed E-state index contributed by atoms with van der Waals surface area (Å²) in [5.41, 5.74) is 1.64. The predicted octanol–water partition coefficient (Wildman–Crippen LogP) is 3.62. The molecule has 0 saturated heterocycles. The van der Waals surface area contributed by atoms with E-state index in [-0.39, 0.29) is 5.41 Å². The molecular formula is C19H26N6O. The number of nitrogens with one attached hydrogen (secondary N) is 2. The predicted molar refractivity (Wildman–Crippen MR) is 99.7 cm³/mol. The van der Waals surface area contributed by atoms with Gasteiger partial charge in [-0.05, 0) is 30.6 Å². The van der Waals surface area contributed by atoms with Crippen LogP contribution in [0.1, 0.15) is 51.3 Å². The molecule has 2 N–H and O–H groups in total. The third-order valence-electron chi connectivity index (χ3n) is 5.46. The normalized spacial score (nSPS) is 21.8. The topological polar surface area (TPSA) is 99.7 Å². The maximum absolute atomic E-state index is 9.38. The lowest BCUT2D eigenvalue weighted by atomic mass is 9.68. The molecule has 7 nitrogen and oxygen atoms in total. The van der Waals surface area contributed by atoms with Crippen molar-refractivity contribution in [2.24, 2.45) is 11.3 Å². The van der Waals surface area contributed by atoms with Crippen LogP contribution in [-0.4, -0.2) is 27.7 Å². The Morgan fingerprint density at radius 1 is 1.38 bits per heavy atom. The van der Waals surface area contributed by atoms with E-state index >= 15 is 0 Å². The van der Waals surface area contributed by atoms with Crippen LogP contribution in [-0.2, 0) is 6.42 Å². The lowest BCUT2D eigenvalue weighted by Gasteiger charge is -2.41. The van der Waals surface area contributed by atoms with Crippen molar-refractivity contribution >= 4 is 11.8 Å². The molecule has 2 aromatic heterocycles. The first-order valence-electron chi connectivity index (χ1n) is 9.15. The molecule has 1 fully saturated rings. The Hall–Kier alpha value is -2.62. The summed E-state index contributed by atoms with van der Waals surface area (Å²) in [5.74, 6) is 1.83. The van der Waals surface area contributed by atoms with E-state index in [0.717, 1.165) is 25.0 Å². The summed E-state index contributed by atoms with van der Waals surface area (Å²) in [7, 11) is 0. The van der Waals surface area contributed by atoms with Crippen molar-refractivity contribution in [2.45, 2.75) is 52.5 Å². The second kappa shape index (κ2) is 7.73. The average Bonchev–Trinajstić information content (AvgIpc) is 3.12. The van der Waals surface area contributed by atoms with E-state index < -0.39 is 0 Å². The van der Waals surface area contributed by atoms with Crippen molar-refractivity contribution in [3.05, 3.63) is 29.8 Å². The Bertz CT molecular complexity index is 765. The Morgan fingerprint density at radius 2 is 2.23 bits per heavy atom. The molecule has 2 atom stereocenters. The van der Waals surface area contributed by atoms with E-state index in [1.165, 1.54) is 6.42 Å².